The average molecular weight is 387 g/mol. The van der Waals surface area contributed by atoms with E-state index in [0.717, 1.165) is 16.9 Å². The third-order valence-electron chi connectivity index (χ3n) is 3.14. The molecule has 0 fully saturated rings. The third-order valence-corrected chi connectivity index (χ3v) is 5.26. The van der Waals surface area contributed by atoms with Crippen LogP contribution >= 0.6 is 34.5 Å². The number of hydrogen-bond donors (Lipinski definition) is 2. The molecular formula is C16H16Cl2N2O3S. The van der Waals surface area contributed by atoms with Gasteiger partial charge in [-0.1, -0.05) is 30.1 Å². The fraction of sp³-hybridized carbons (Fsp3) is 0.250. The van der Waals surface area contributed by atoms with Crippen molar-refractivity contribution in [2.45, 2.75) is 20.3 Å². The highest BCUT2D eigenvalue weighted by Gasteiger charge is 2.12. The maximum atomic E-state index is 12.0. The molecule has 0 bridgehead atoms. The van der Waals surface area contributed by atoms with Crippen LogP contribution in [0.4, 0.5) is 0 Å². The van der Waals surface area contributed by atoms with Gasteiger partial charge in [0, 0.05) is 10.9 Å². The van der Waals surface area contributed by atoms with Gasteiger partial charge in [-0.2, -0.15) is 0 Å². The normalized spacial score (nSPS) is 10.3. The fourth-order valence-corrected chi connectivity index (χ4v) is 3.22. The minimum atomic E-state index is -0.488. The van der Waals surface area contributed by atoms with Crippen molar-refractivity contribution in [3.63, 3.8) is 0 Å². The molecule has 5 nitrogen and oxygen atoms in total. The lowest BCUT2D eigenvalue weighted by Crippen LogP contribution is -2.43. The fourth-order valence-electron chi connectivity index (χ4n) is 1.92. The number of hydrogen-bond acceptors (Lipinski definition) is 4. The second-order valence-electron chi connectivity index (χ2n) is 4.94. The van der Waals surface area contributed by atoms with Gasteiger partial charge in [0.2, 0.25) is 0 Å². The Labute approximate surface area is 153 Å². The van der Waals surface area contributed by atoms with Gasteiger partial charge in [-0.3, -0.25) is 20.4 Å². The maximum Gasteiger partial charge on any atom is 0.279 e. The molecule has 1 aromatic heterocycles. The van der Waals surface area contributed by atoms with Crippen LogP contribution < -0.4 is 15.6 Å². The van der Waals surface area contributed by atoms with E-state index in [0.29, 0.717) is 20.7 Å². The van der Waals surface area contributed by atoms with Crippen LogP contribution in [0, 0.1) is 6.92 Å². The van der Waals surface area contributed by atoms with Gasteiger partial charge >= 0.3 is 0 Å². The lowest BCUT2D eigenvalue weighted by Gasteiger charge is -2.08. The Bertz CT molecular complexity index is 762. The largest absolute Gasteiger partial charge is 0.484 e. The molecule has 0 saturated carbocycles. The van der Waals surface area contributed by atoms with E-state index in [9.17, 15) is 9.59 Å². The van der Waals surface area contributed by atoms with Gasteiger partial charge in [-0.05, 0) is 37.1 Å². The number of nitrogens with one attached hydrogen (secondary N) is 2. The van der Waals surface area contributed by atoms with E-state index in [-0.39, 0.29) is 12.5 Å². The molecule has 0 aliphatic rings. The van der Waals surface area contributed by atoms with E-state index >= 15 is 0 Å². The number of rotatable bonds is 5. The maximum absolute atomic E-state index is 12.0. The molecule has 128 valence electrons. The molecule has 8 heteroatoms. The number of benzene rings is 1. The second kappa shape index (κ2) is 8.37. The third kappa shape index (κ3) is 4.87. The van der Waals surface area contributed by atoms with Crippen LogP contribution in [0.25, 0.3) is 0 Å². The second-order valence-corrected chi connectivity index (χ2v) is 6.89. The summed E-state index contributed by atoms with van der Waals surface area (Å²) in [6, 6.07) is 6.48. The number of aryl methyl sites for hydroxylation is 2. The number of hydrazine groups is 1. The summed E-state index contributed by atoms with van der Waals surface area (Å²) < 4.78 is 5.28. The molecule has 1 heterocycles. The van der Waals surface area contributed by atoms with Crippen molar-refractivity contribution in [3.05, 3.63) is 49.6 Å². The number of ether oxygens (including phenoxy) is 1. The summed E-state index contributed by atoms with van der Waals surface area (Å²) in [5, 5.41) is 0.737. The Morgan fingerprint density at radius 1 is 1.17 bits per heavy atom. The predicted octanol–water partition coefficient (Wildman–Crippen LogP) is 3.77. The van der Waals surface area contributed by atoms with Gasteiger partial charge in [-0.15, -0.1) is 11.3 Å². The Hall–Kier alpha value is -1.76. The summed E-state index contributed by atoms with van der Waals surface area (Å²) in [5.41, 5.74) is 5.74. The molecule has 2 aromatic rings. The minimum Gasteiger partial charge on any atom is -0.484 e. The molecule has 1 aromatic carbocycles. The first-order chi connectivity index (χ1) is 11.4. The highest BCUT2D eigenvalue weighted by molar-refractivity contribution is 7.14. The van der Waals surface area contributed by atoms with Gasteiger partial charge < -0.3 is 4.74 Å². The van der Waals surface area contributed by atoms with Crippen LogP contribution in [0.1, 0.15) is 27.0 Å². The highest BCUT2D eigenvalue weighted by atomic mass is 35.5. The van der Waals surface area contributed by atoms with Crippen LogP contribution in [-0.4, -0.2) is 18.4 Å². The molecule has 0 spiro atoms. The summed E-state index contributed by atoms with van der Waals surface area (Å²) >= 11 is 13.1. The number of thiophene rings is 1. The Balaban J connectivity index is 1.81. The summed E-state index contributed by atoms with van der Waals surface area (Å²) in [4.78, 5) is 25.4. The first-order valence-electron chi connectivity index (χ1n) is 7.17. The van der Waals surface area contributed by atoms with Crippen LogP contribution in [0.15, 0.2) is 24.3 Å². The zero-order chi connectivity index (χ0) is 17.7. The van der Waals surface area contributed by atoms with E-state index in [1.54, 1.807) is 18.2 Å². The molecule has 0 radical (unpaired) electrons. The first-order valence-corrected chi connectivity index (χ1v) is 8.74. The van der Waals surface area contributed by atoms with E-state index < -0.39 is 5.91 Å². The van der Waals surface area contributed by atoms with Crippen LogP contribution in [0.3, 0.4) is 0 Å². The Kier molecular flexibility index (Phi) is 6.48. The van der Waals surface area contributed by atoms with Crippen molar-refractivity contribution in [1.82, 2.24) is 10.9 Å². The van der Waals surface area contributed by atoms with E-state index in [1.807, 2.05) is 13.8 Å². The van der Waals surface area contributed by atoms with E-state index in [4.69, 9.17) is 27.9 Å². The van der Waals surface area contributed by atoms with Crippen LogP contribution in [0.5, 0.6) is 5.75 Å². The summed E-state index contributed by atoms with van der Waals surface area (Å²) in [7, 11) is 0. The molecule has 0 aliphatic heterocycles. The predicted molar refractivity (Wildman–Crippen MR) is 96.0 cm³/mol. The van der Waals surface area contributed by atoms with Crippen molar-refractivity contribution in [3.8, 4) is 5.75 Å². The molecule has 0 saturated heterocycles. The van der Waals surface area contributed by atoms with Crippen molar-refractivity contribution in [2.24, 2.45) is 0 Å². The SMILES string of the molecule is CCc1sc(C(=O)NNC(=O)COc2ccc(Cl)c(Cl)c2)cc1C. The Morgan fingerprint density at radius 3 is 2.54 bits per heavy atom. The van der Waals surface area contributed by atoms with E-state index in [2.05, 4.69) is 10.9 Å². The Morgan fingerprint density at radius 2 is 1.92 bits per heavy atom. The van der Waals surface area contributed by atoms with E-state index in [1.165, 1.54) is 17.4 Å². The molecular weight excluding hydrogens is 371 g/mol. The molecule has 2 amide bonds. The molecule has 24 heavy (non-hydrogen) atoms. The number of carbonyl (C=O) groups excluding carboxylic acids is 2. The van der Waals surface area contributed by atoms with Crippen LogP contribution in [-0.2, 0) is 11.2 Å². The molecule has 0 atom stereocenters. The molecule has 2 rings (SSSR count). The minimum absolute atomic E-state index is 0.262. The van der Waals surface area contributed by atoms with Gasteiger partial charge in [0.05, 0.1) is 14.9 Å². The molecule has 0 unspecified atom stereocenters. The topological polar surface area (TPSA) is 67.4 Å². The van der Waals surface area contributed by atoms with Gasteiger partial charge in [-0.25, -0.2) is 0 Å². The van der Waals surface area contributed by atoms with Crippen molar-refractivity contribution >= 4 is 46.4 Å². The van der Waals surface area contributed by atoms with Crippen LogP contribution in [0.2, 0.25) is 10.0 Å². The zero-order valence-electron chi connectivity index (χ0n) is 13.1. The van der Waals surface area contributed by atoms with Crippen molar-refractivity contribution in [1.29, 1.82) is 0 Å². The lowest BCUT2D eigenvalue weighted by molar-refractivity contribution is -0.123. The van der Waals surface area contributed by atoms with Gasteiger partial charge in [0.1, 0.15) is 5.75 Å². The van der Waals surface area contributed by atoms with Gasteiger partial charge in [0.15, 0.2) is 6.61 Å². The molecule has 2 N–H and O–H groups in total. The van der Waals surface area contributed by atoms with Gasteiger partial charge in [0.25, 0.3) is 11.8 Å². The molecule has 0 aliphatic carbocycles. The number of halogens is 2. The average Bonchev–Trinajstić information content (AvgIpc) is 2.94. The standard InChI is InChI=1S/C16H16Cl2N2O3S/c1-3-13-9(2)6-14(24-13)16(22)20-19-15(21)8-23-10-4-5-11(17)12(18)7-10/h4-7H,3,8H2,1-2H3,(H,19,21)(H,20,22). The van der Waals surface area contributed by atoms with Crippen molar-refractivity contribution in [2.75, 3.05) is 6.61 Å². The van der Waals surface area contributed by atoms with Crippen molar-refractivity contribution < 1.29 is 14.3 Å². The summed E-state index contributed by atoms with van der Waals surface area (Å²) in [6.45, 7) is 3.72. The smallest absolute Gasteiger partial charge is 0.279 e. The summed E-state index contributed by atoms with van der Waals surface area (Å²) in [6.07, 6.45) is 0.869. The number of carbonyl (C=O) groups is 2. The monoisotopic (exact) mass is 386 g/mol. The number of amides is 2. The first kappa shape index (κ1) is 18.6. The lowest BCUT2D eigenvalue weighted by atomic mass is 10.2. The zero-order valence-corrected chi connectivity index (χ0v) is 15.4. The highest BCUT2D eigenvalue weighted by Crippen LogP contribution is 2.26. The summed E-state index contributed by atoms with van der Waals surface area (Å²) in [5.74, 6) is -0.434. The quantitative estimate of drug-likeness (QED) is 0.768.